The predicted octanol–water partition coefficient (Wildman–Crippen LogP) is 2.69. The zero-order valence-corrected chi connectivity index (χ0v) is 14.5. The van der Waals surface area contributed by atoms with Crippen molar-refractivity contribution in [2.24, 2.45) is 11.8 Å². The molecule has 1 saturated heterocycles. The molecule has 1 amide bonds. The van der Waals surface area contributed by atoms with Crippen molar-refractivity contribution >= 4 is 11.9 Å². The minimum Gasteiger partial charge on any atom is -0.459 e. The highest BCUT2D eigenvalue weighted by atomic mass is 16.5. The van der Waals surface area contributed by atoms with Crippen molar-refractivity contribution in [3.8, 4) is 0 Å². The molecule has 0 bridgehead atoms. The van der Waals surface area contributed by atoms with Gasteiger partial charge in [-0.05, 0) is 30.7 Å². The number of ether oxygens (including phenoxy) is 2. The molecule has 1 heterocycles. The molecular formula is C19H27NO4. The first-order valence-corrected chi connectivity index (χ1v) is 8.65. The molecule has 0 spiro atoms. The zero-order chi connectivity index (χ0) is 17.4. The number of benzene rings is 1. The molecule has 132 valence electrons. The molecule has 0 saturated carbocycles. The highest BCUT2D eigenvalue weighted by Crippen LogP contribution is 2.16. The number of carbonyl (C=O) groups is 2. The van der Waals surface area contributed by atoms with E-state index in [0.29, 0.717) is 32.5 Å². The van der Waals surface area contributed by atoms with Crippen LogP contribution in [0.15, 0.2) is 30.3 Å². The molecule has 2 rings (SSSR count). The van der Waals surface area contributed by atoms with E-state index in [1.807, 2.05) is 44.2 Å². The van der Waals surface area contributed by atoms with Crippen molar-refractivity contribution in [1.82, 2.24) is 5.32 Å². The maximum Gasteiger partial charge on any atom is 0.328 e. The maximum atomic E-state index is 12.4. The molecule has 0 aliphatic carbocycles. The summed E-state index contributed by atoms with van der Waals surface area (Å²) < 4.78 is 10.7. The number of esters is 1. The zero-order valence-electron chi connectivity index (χ0n) is 14.5. The second-order valence-corrected chi connectivity index (χ2v) is 6.67. The third-order valence-electron chi connectivity index (χ3n) is 4.12. The van der Waals surface area contributed by atoms with Gasteiger partial charge in [0.15, 0.2) is 0 Å². The van der Waals surface area contributed by atoms with Crippen molar-refractivity contribution in [1.29, 1.82) is 0 Å². The number of hydrogen-bond donors (Lipinski definition) is 1. The van der Waals surface area contributed by atoms with Gasteiger partial charge >= 0.3 is 5.97 Å². The SMILES string of the molecule is CC(C)C[C@@H](NC(=O)C1CCOCC1)C(=O)OCc1ccccc1. The summed E-state index contributed by atoms with van der Waals surface area (Å²) in [7, 11) is 0. The molecule has 0 unspecified atom stereocenters. The van der Waals surface area contributed by atoms with Gasteiger partial charge in [0.2, 0.25) is 5.91 Å². The fraction of sp³-hybridized carbons (Fsp3) is 0.579. The second kappa shape index (κ2) is 9.42. The lowest BCUT2D eigenvalue weighted by atomic mass is 9.97. The minimum atomic E-state index is -0.593. The molecule has 0 radical (unpaired) electrons. The molecule has 1 fully saturated rings. The molecule has 1 aliphatic heterocycles. The maximum absolute atomic E-state index is 12.4. The summed E-state index contributed by atoms with van der Waals surface area (Å²) in [5.41, 5.74) is 0.935. The van der Waals surface area contributed by atoms with Gasteiger partial charge < -0.3 is 14.8 Å². The van der Waals surface area contributed by atoms with Gasteiger partial charge in [0.1, 0.15) is 12.6 Å². The molecule has 24 heavy (non-hydrogen) atoms. The molecule has 1 aliphatic rings. The van der Waals surface area contributed by atoms with Crippen LogP contribution in [0.5, 0.6) is 0 Å². The van der Waals surface area contributed by atoms with Crippen LogP contribution >= 0.6 is 0 Å². The van der Waals surface area contributed by atoms with Crippen LogP contribution in [0.4, 0.5) is 0 Å². The lowest BCUT2D eigenvalue weighted by molar-refractivity contribution is -0.150. The van der Waals surface area contributed by atoms with E-state index in [1.54, 1.807) is 0 Å². The van der Waals surface area contributed by atoms with E-state index in [4.69, 9.17) is 9.47 Å². The normalized spacial score (nSPS) is 16.6. The van der Waals surface area contributed by atoms with Crippen LogP contribution in [0, 0.1) is 11.8 Å². The van der Waals surface area contributed by atoms with Crippen molar-refractivity contribution < 1.29 is 19.1 Å². The molecule has 5 nitrogen and oxygen atoms in total. The highest BCUT2D eigenvalue weighted by Gasteiger charge is 2.28. The van der Waals surface area contributed by atoms with E-state index in [-0.39, 0.29) is 30.3 Å². The van der Waals surface area contributed by atoms with Crippen LogP contribution in [-0.4, -0.2) is 31.1 Å². The number of carbonyl (C=O) groups excluding carboxylic acids is 2. The first kappa shape index (κ1) is 18.5. The Kier molecular flexibility index (Phi) is 7.25. The van der Waals surface area contributed by atoms with E-state index in [1.165, 1.54) is 0 Å². The Labute approximate surface area is 143 Å². The van der Waals surface area contributed by atoms with Crippen molar-refractivity contribution in [2.45, 2.75) is 45.8 Å². The van der Waals surface area contributed by atoms with Gasteiger partial charge in [-0.1, -0.05) is 44.2 Å². The smallest absolute Gasteiger partial charge is 0.328 e. The first-order chi connectivity index (χ1) is 11.6. The number of rotatable bonds is 7. The van der Waals surface area contributed by atoms with Crippen LogP contribution < -0.4 is 5.32 Å². The Balaban J connectivity index is 1.90. The average molecular weight is 333 g/mol. The Morgan fingerprint density at radius 3 is 2.50 bits per heavy atom. The van der Waals surface area contributed by atoms with Gasteiger partial charge in [0.05, 0.1) is 0 Å². The number of amides is 1. The Morgan fingerprint density at radius 1 is 1.21 bits per heavy atom. The van der Waals surface area contributed by atoms with Crippen LogP contribution in [0.2, 0.25) is 0 Å². The lowest BCUT2D eigenvalue weighted by Gasteiger charge is -2.25. The minimum absolute atomic E-state index is 0.0689. The second-order valence-electron chi connectivity index (χ2n) is 6.67. The standard InChI is InChI=1S/C19H27NO4/c1-14(2)12-17(20-18(21)16-8-10-23-11-9-16)19(22)24-13-15-6-4-3-5-7-15/h3-7,14,16-17H,8-13H2,1-2H3,(H,20,21)/t17-/m1/s1. The number of nitrogens with one attached hydrogen (secondary N) is 1. The van der Waals surface area contributed by atoms with Gasteiger partial charge in [-0.3, -0.25) is 4.79 Å². The Morgan fingerprint density at radius 2 is 1.88 bits per heavy atom. The van der Waals surface area contributed by atoms with Crippen molar-refractivity contribution in [3.63, 3.8) is 0 Å². The van der Waals surface area contributed by atoms with Gasteiger partial charge in [-0.15, -0.1) is 0 Å². The summed E-state index contributed by atoms with van der Waals surface area (Å²) in [5, 5.41) is 2.89. The summed E-state index contributed by atoms with van der Waals surface area (Å²) in [6, 6.07) is 8.95. The van der Waals surface area contributed by atoms with Gasteiger partial charge in [-0.25, -0.2) is 4.79 Å². The first-order valence-electron chi connectivity index (χ1n) is 8.65. The van der Waals surface area contributed by atoms with E-state index >= 15 is 0 Å². The Bertz CT molecular complexity index is 523. The molecular weight excluding hydrogens is 306 g/mol. The van der Waals surface area contributed by atoms with E-state index in [2.05, 4.69) is 5.32 Å². The summed E-state index contributed by atoms with van der Waals surface area (Å²) in [4.78, 5) is 24.8. The fourth-order valence-electron chi connectivity index (χ4n) is 2.76. The van der Waals surface area contributed by atoms with Crippen LogP contribution in [-0.2, 0) is 25.7 Å². The quantitative estimate of drug-likeness (QED) is 0.779. The summed E-state index contributed by atoms with van der Waals surface area (Å²) in [5.74, 6) is -0.224. The predicted molar refractivity (Wildman–Crippen MR) is 91.2 cm³/mol. The average Bonchev–Trinajstić information content (AvgIpc) is 2.60. The van der Waals surface area contributed by atoms with Gasteiger partial charge in [0.25, 0.3) is 0 Å². The molecule has 0 aromatic heterocycles. The fourth-order valence-corrected chi connectivity index (χ4v) is 2.76. The third-order valence-corrected chi connectivity index (χ3v) is 4.12. The van der Waals surface area contributed by atoms with E-state index in [9.17, 15) is 9.59 Å². The lowest BCUT2D eigenvalue weighted by Crippen LogP contribution is -2.46. The van der Waals surface area contributed by atoms with Crippen LogP contribution in [0.3, 0.4) is 0 Å². The molecule has 1 atom stereocenters. The molecule has 1 N–H and O–H groups in total. The summed E-state index contributed by atoms with van der Waals surface area (Å²) in [6.45, 7) is 5.48. The van der Waals surface area contributed by atoms with E-state index in [0.717, 1.165) is 5.56 Å². The van der Waals surface area contributed by atoms with Gasteiger partial charge in [-0.2, -0.15) is 0 Å². The monoisotopic (exact) mass is 333 g/mol. The van der Waals surface area contributed by atoms with Crippen LogP contribution in [0.25, 0.3) is 0 Å². The van der Waals surface area contributed by atoms with Crippen LogP contribution in [0.1, 0.15) is 38.7 Å². The van der Waals surface area contributed by atoms with E-state index < -0.39 is 6.04 Å². The van der Waals surface area contributed by atoms with Crippen molar-refractivity contribution in [2.75, 3.05) is 13.2 Å². The topological polar surface area (TPSA) is 64.6 Å². The third kappa shape index (κ3) is 5.96. The van der Waals surface area contributed by atoms with Gasteiger partial charge in [0, 0.05) is 19.1 Å². The number of hydrogen-bond acceptors (Lipinski definition) is 4. The largest absolute Gasteiger partial charge is 0.459 e. The molecule has 1 aromatic carbocycles. The summed E-state index contributed by atoms with van der Waals surface area (Å²) >= 11 is 0. The Hall–Kier alpha value is -1.88. The summed E-state index contributed by atoms with van der Waals surface area (Å²) in [6.07, 6.45) is 1.99. The molecule has 5 heteroatoms. The van der Waals surface area contributed by atoms with Crippen molar-refractivity contribution in [3.05, 3.63) is 35.9 Å². The highest BCUT2D eigenvalue weighted by molar-refractivity contribution is 5.85. The molecule has 1 aromatic rings.